The summed E-state index contributed by atoms with van der Waals surface area (Å²) < 4.78 is 40.4. The third-order valence-corrected chi connectivity index (χ3v) is 6.34. The summed E-state index contributed by atoms with van der Waals surface area (Å²) in [5.41, 5.74) is -0.432. The Morgan fingerprint density at radius 3 is 2.61 bits per heavy atom. The Kier molecular flexibility index (Phi) is 6.25. The van der Waals surface area contributed by atoms with E-state index in [4.69, 9.17) is 0 Å². The van der Waals surface area contributed by atoms with Gasteiger partial charge in [0.05, 0.1) is 0 Å². The summed E-state index contributed by atoms with van der Waals surface area (Å²) in [6, 6.07) is 6.23. The fourth-order valence-electron chi connectivity index (χ4n) is 4.46. The number of halogens is 3. The number of hydrogen-bond acceptors (Lipinski definition) is 4. The number of rotatable bonds is 4. The molecule has 0 saturated heterocycles. The van der Waals surface area contributed by atoms with Gasteiger partial charge in [-0.15, -0.1) is 0 Å². The van der Waals surface area contributed by atoms with Crippen LogP contribution in [0.5, 0.6) is 0 Å². The number of carbonyl (C=O) groups is 3. The van der Waals surface area contributed by atoms with E-state index in [0.29, 0.717) is 55.5 Å². The predicted molar refractivity (Wildman–Crippen MR) is 113 cm³/mol. The Bertz CT molecular complexity index is 1140. The van der Waals surface area contributed by atoms with Crippen LogP contribution in [0.2, 0.25) is 0 Å². The van der Waals surface area contributed by atoms with E-state index < -0.39 is 47.2 Å². The Balaban J connectivity index is 1.54. The summed E-state index contributed by atoms with van der Waals surface area (Å²) in [5, 5.41) is 16.2. The lowest BCUT2D eigenvalue weighted by atomic mass is 9.81. The van der Waals surface area contributed by atoms with Crippen LogP contribution in [0.1, 0.15) is 54.7 Å². The van der Waals surface area contributed by atoms with Crippen LogP contribution in [-0.4, -0.2) is 28.3 Å². The third-order valence-electron chi connectivity index (χ3n) is 6.34. The Hall–Kier alpha value is -3.20. The standard InChI is InChI=1S/C24H23F3N2O4/c25-17-11-19(27)18(26)10-15(17)12-28-23(32)24(33)8-2-1-3-16(22(24)31)13-4-6-20-14(9-13)5-7-21(30)29-20/h4,6,9-11,16,33H,1-3,5,7-8,12H2,(H,28,32)(H,29,30)/t16?,24-/m1/s1. The number of fused-ring (bicyclic) bond motifs is 1. The highest BCUT2D eigenvalue weighted by molar-refractivity contribution is 6.11. The molecule has 1 aliphatic heterocycles. The molecule has 3 N–H and O–H groups in total. The molecule has 2 aliphatic rings. The van der Waals surface area contributed by atoms with Crippen molar-refractivity contribution in [3.05, 3.63) is 64.5 Å². The third kappa shape index (κ3) is 4.50. The highest BCUT2D eigenvalue weighted by Gasteiger charge is 2.48. The van der Waals surface area contributed by atoms with Crippen molar-refractivity contribution in [3.63, 3.8) is 0 Å². The summed E-state index contributed by atoms with van der Waals surface area (Å²) >= 11 is 0. The molecule has 4 rings (SSSR count). The van der Waals surface area contributed by atoms with Gasteiger partial charge in [-0.05, 0) is 48.9 Å². The maximum Gasteiger partial charge on any atom is 0.260 e. The molecule has 33 heavy (non-hydrogen) atoms. The van der Waals surface area contributed by atoms with E-state index in [-0.39, 0.29) is 17.9 Å². The molecule has 1 fully saturated rings. The molecular weight excluding hydrogens is 437 g/mol. The number of amides is 2. The first kappa shape index (κ1) is 23.0. The van der Waals surface area contributed by atoms with Gasteiger partial charge in [0.15, 0.2) is 17.4 Å². The summed E-state index contributed by atoms with van der Waals surface area (Å²) in [6.45, 7) is -0.513. The summed E-state index contributed by atoms with van der Waals surface area (Å²) in [4.78, 5) is 37.8. The fraction of sp³-hybridized carbons (Fsp3) is 0.375. The molecule has 2 atom stereocenters. The number of nitrogens with one attached hydrogen (secondary N) is 2. The van der Waals surface area contributed by atoms with Crippen LogP contribution < -0.4 is 10.6 Å². The maximum atomic E-state index is 13.9. The molecule has 0 spiro atoms. The molecule has 1 aliphatic carbocycles. The molecule has 1 unspecified atom stereocenters. The topological polar surface area (TPSA) is 95.5 Å². The maximum absolute atomic E-state index is 13.9. The lowest BCUT2D eigenvalue weighted by Gasteiger charge is -2.28. The number of carbonyl (C=O) groups excluding carboxylic acids is 3. The van der Waals surface area contributed by atoms with Gasteiger partial charge in [0.25, 0.3) is 5.91 Å². The van der Waals surface area contributed by atoms with Gasteiger partial charge in [-0.25, -0.2) is 13.2 Å². The number of aryl methyl sites for hydroxylation is 1. The van der Waals surface area contributed by atoms with E-state index in [1.54, 1.807) is 12.1 Å². The molecule has 0 radical (unpaired) electrons. The summed E-state index contributed by atoms with van der Waals surface area (Å²) in [5.74, 6) is -6.15. The lowest BCUT2D eigenvalue weighted by molar-refractivity contribution is -0.153. The van der Waals surface area contributed by atoms with E-state index in [9.17, 15) is 32.7 Å². The lowest BCUT2D eigenvalue weighted by Crippen LogP contribution is -2.53. The van der Waals surface area contributed by atoms with Gasteiger partial charge in [-0.1, -0.05) is 18.6 Å². The van der Waals surface area contributed by atoms with Crippen LogP contribution in [0.3, 0.4) is 0 Å². The van der Waals surface area contributed by atoms with Crippen LogP contribution in [-0.2, 0) is 27.3 Å². The molecule has 6 nitrogen and oxygen atoms in total. The van der Waals surface area contributed by atoms with Crippen molar-refractivity contribution >= 4 is 23.3 Å². The zero-order valence-corrected chi connectivity index (χ0v) is 17.7. The number of aliphatic hydroxyl groups is 1. The van der Waals surface area contributed by atoms with Crippen molar-refractivity contribution in [2.75, 3.05) is 5.32 Å². The average molecular weight is 460 g/mol. The molecular formula is C24H23F3N2O4. The van der Waals surface area contributed by atoms with Crippen LogP contribution in [0.15, 0.2) is 30.3 Å². The Morgan fingerprint density at radius 1 is 1.06 bits per heavy atom. The van der Waals surface area contributed by atoms with Crippen LogP contribution >= 0.6 is 0 Å². The average Bonchev–Trinajstić information content (AvgIpc) is 2.94. The van der Waals surface area contributed by atoms with Gasteiger partial charge in [0.1, 0.15) is 5.82 Å². The van der Waals surface area contributed by atoms with Crippen molar-refractivity contribution in [2.45, 2.75) is 56.6 Å². The number of anilines is 1. The molecule has 9 heteroatoms. The highest BCUT2D eigenvalue weighted by Crippen LogP contribution is 2.36. The minimum absolute atomic E-state index is 0.0793. The first-order valence-corrected chi connectivity index (χ1v) is 10.8. The Morgan fingerprint density at radius 2 is 1.82 bits per heavy atom. The highest BCUT2D eigenvalue weighted by atomic mass is 19.2. The van der Waals surface area contributed by atoms with Crippen molar-refractivity contribution in [1.29, 1.82) is 0 Å². The van der Waals surface area contributed by atoms with Crippen LogP contribution in [0.4, 0.5) is 18.9 Å². The molecule has 2 aromatic carbocycles. The second kappa shape index (κ2) is 8.97. The minimum atomic E-state index is -2.33. The zero-order chi connectivity index (χ0) is 23.8. The molecule has 1 heterocycles. The van der Waals surface area contributed by atoms with Gasteiger partial charge in [-0.3, -0.25) is 14.4 Å². The van der Waals surface area contributed by atoms with E-state index >= 15 is 0 Å². The number of Topliss-reactive ketones (excluding diaryl/α,β-unsaturated/α-hetero) is 1. The summed E-state index contributed by atoms with van der Waals surface area (Å²) in [7, 11) is 0. The van der Waals surface area contributed by atoms with Gasteiger partial charge in [0.2, 0.25) is 11.5 Å². The molecule has 174 valence electrons. The van der Waals surface area contributed by atoms with Crippen molar-refractivity contribution in [2.24, 2.45) is 0 Å². The number of benzene rings is 2. The van der Waals surface area contributed by atoms with Gasteiger partial charge in [-0.2, -0.15) is 0 Å². The SMILES string of the molecule is O=C1CCc2cc(C3CCCC[C@](O)(C(=O)NCc4cc(F)c(F)cc4F)C3=O)ccc2N1. The molecule has 2 amide bonds. The first-order chi connectivity index (χ1) is 15.7. The van der Waals surface area contributed by atoms with Gasteiger partial charge >= 0.3 is 0 Å². The quantitative estimate of drug-likeness (QED) is 0.371. The van der Waals surface area contributed by atoms with Gasteiger partial charge in [0, 0.05) is 36.2 Å². The monoisotopic (exact) mass is 460 g/mol. The Labute approximate surface area is 188 Å². The first-order valence-electron chi connectivity index (χ1n) is 10.8. The van der Waals surface area contributed by atoms with Gasteiger partial charge < -0.3 is 15.7 Å². The second-order valence-corrected chi connectivity index (χ2v) is 8.53. The molecule has 0 bridgehead atoms. The fourth-order valence-corrected chi connectivity index (χ4v) is 4.46. The zero-order valence-electron chi connectivity index (χ0n) is 17.7. The number of hydrogen-bond donors (Lipinski definition) is 3. The molecule has 2 aromatic rings. The summed E-state index contributed by atoms with van der Waals surface area (Å²) in [6.07, 6.45) is 2.24. The van der Waals surface area contributed by atoms with E-state index in [1.165, 1.54) is 0 Å². The van der Waals surface area contributed by atoms with E-state index in [2.05, 4.69) is 10.6 Å². The molecule has 1 saturated carbocycles. The largest absolute Gasteiger partial charge is 0.373 e. The predicted octanol–water partition coefficient (Wildman–Crippen LogP) is 3.26. The number of ketones is 1. The van der Waals surface area contributed by atoms with Crippen LogP contribution in [0.25, 0.3) is 0 Å². The normalized spacial score (nSPS) is 22.8. The smallest absolute Gasteiger partial charge is 0.260 e. The van der Waals surface area contributed by atoms with E-state index in [1.807, 2.05) is 6.07 Å². The van der Waals surface area contributed by atoms with Crippen molar-refractivity contribution in [3.8, 4) is 0 Å². The van der Waals surface area contributed by atoms with Crippen molar-refractivity contribution < 1.29 is 32.7 Å². The minimum Gasteiger partial charge on any atom is -0.373 e. The second-order valence-electron chi connectivity index (χ2n) is 8.53. The van der Waals surface area contributed by atoms with Crippen LogP contribution in [0, 0.1) is 17.5 Å². The van der Waals surface area contributed by atoms with E-state index in [0.717, 1.165) is 5.56 Å². The van der Waals surface area contributed by atoms with Crippen molar-refractivity contribution in [1.82, 2.24) is 5.32 Å². The molecule has 0 aromatic heterocycles.